The summed E-state index contributed by atoms with van der Waals surface area (Å²) in [6, 6.07) is 0. The van der Waals surface area contributed by atoms with Gasteiger partial charge in [-0.25, -0.2) is 0 Å². The van der Waals surface area contributed by atoms with Crippen LogP contribution in [0.15, 0.2) is 0 Å². The Kier molecular flexibility index (Phi) is 1.85. The second-order valence-corrected chi connectivity index (χ2v) is 4.04. The van der Waals surface area contributed by atoms with Crippen molar-refractivity contribution < 1.29 is 9.53 Å². The van der Waals surface area contributed by atoms with Gasteiger partial charge in [0.15, 0.2) is 0 Å². The SMILES string of the molecule is CCC1CCCC12CCC(=O)O2. The average Bonchev–Trinajstić information content (AvgIpc) is 2.60. The van der Waals surface area contributed by atoms with Crippen molar-refractivity contribution in [2.75, 3.05) is 0 Å². The minimum atomic E-state index is -0.0220. The van der Waals surface area contributed by atoms with Gasteiger partial charge < -0.3 is 4.74 Å². The highest BCUT2D eigenvalue weighted by molar-refractivity contribution is 5.72. The van der Waals surface area contributed by atoms with E-state index in [2.05, 4.69) is 6.92 Å². The molecule has 0 aromatic carbocycles. The zero-order valence-corrected chi connectivity index (χ0v) is 7.64. The molecule has 2 unspecified atom stereocenters. The predicted octanol–water partition coefficient (Wildman–Crippen LogP) is 2.27. The molecule has 2 atom stereocenters. The molecule has 2 rings (SSSR count). The Balaban J connectivity index is 2.14. The number of carbonyl (C=O) groups is 1. The molecule has 0 radical (unpaired) electrons. The Morgan fingerprint density at radius 1 is 1.58 bits per heavy atom. The van der Waals surface area contributed by atoms with E-state index in [1.54, 1.807) is 0 Å². The Morgan fingerprint density at radius 2 is 2.42 bits per heavy atom. The fourth-order valence-electron chi connectivity index (χ4n) is 2.80. The van der Waals surface area contributed by atoms with Crippen molar-refractivity contribution in [3.05, 3.63) is 0 Å². The quantitative estimate of drug-likeness (QED) is 0.561. The van der Waals surface area contributed by atoms with Crippen molar-refractivity contribution in [1.82, 2.24) is 0 Å². The summed E-state index contributed by atoms with van der Waals surface area (Å²) in [7, 11) is 0. The lowest BCUT2D eigenvalue weighted by Gasteiger charge is -2.28. The number of hydrogen-bond acceptors (Lipinski definition) is 2. The van der Waals surface area contributed by atoms with Crippen LogP contribution >= 0.6 is 0 Å². The van der Waals surface area contributed by atoms with Gasteiger partial charge in [-0.2, -0.15) is 0 Å². The van der Waals surface area contributed by atoms with E-state index in [1.807, 2.05) is 0 Å². The monoisotopic (exact) mass is 168 g/mol. The average molecular weight is 168 g/mol. The molecule has 0 amide bonds. The van der Waals surface area contributed by atoms with Crippen molar-refractivity contribution in [2.45, 2.75) is 51.0 Å². The molecule has 0 bridgehead atoms. The predicted molar refractivity (Wildman–Crippen MR) is 45.7 cm³/mol. The van der Waals surface area contributed by atoms with Crippen molar-refractivity contribution >= 4 is 5.97 Å². The van der Waals surface area contributed by atoms with E-state index in [9.17, 15) is 4.79 Å². The Labute approximate surface area is 73.3 Å². The molecule has 1 heterocycles. The molecule has 1 aliphatic heterocycles. The Bertz CT molecular complexity index is 200. The van der Waals surface area contributed by atoms with Gasteiger partial charge in [0.2, 0.25) is 0 Å². The summed E-state index contributed by atoms with van der Waals surface area (Å²) in [4.78, 5) is 11.0. The van der Waals surface area contributed by atoms with Gasteiger partial charge in [0.1, 0.15) is 5.60 Å². The molecule has 0 aromatic heterocycles. The first-order valence-corrected chi connectivity index (χ1v) is 4.99. The summed E-state index contributed by atoms with van der Waals surface area (Å²) in [5.74, 6) is 0.666. The molecular formula is C10H16O2. The molecule has 2 heteroatoms. The minimum absolute atomic E-state index is 0.0220. The molecule has 0 aromatic rings. The van der Waals surface area contributed by atoms with Gasteiger partial charge in [0.05, 0.1) is 0 Å². The van der Waals surface area contributed by atoms with Gasteiger partial charge in [-0.05, 0) is 38.0 Å². The highest BCUT2D eigenvalue weighted by atomic mass is 16.6. The van der Waals surface area contributed by atoms with E-state index < -0.39 is 0 Å². The van der Waals surface area contributed by atoms with Crippen LogP contribution in [0.4, 0.5) is 0 Å². The first-order chi connectivity index (χ1) is 5.77. The van der Waals surface area contributed by atoms with Gasteiger partial charge >= 0.3 is 5.97 Å². The summed E-state index contributed by atoms with van der Waals surface area (Å²) in [5.41, 5.74) is -0.0220. The molecule has 12 heavy (non-hydrogen) atoms. The van der Waals surface area contributed by atoms with E-state index in [-0.39, 0.29) is 11.6 Å². The van der Waals surface area contributed by atoms with Crippen LogP contribution in [0, 0.1) is 5.92 Å². The molecule has 0 N–H and O–H groups in total. The van der Waals surface area contributed by atoms with E-state index in [0.29, 0.717) is 12.3 Å². The van der Waals surface area contributed by atoms with Gasteiger partial charge in [0, 0.05) is 6.42 Å². The van der Waals surface area contributed by atoms with Crippen LogP contribution in [0.25, 0.3) is 0 Å². The fourth-order valence-corrected chi connectivity index (χ4v) is 2.80. The summed E-state index contributed by atoms with van der Waals surface area (Å²) >= 11 is 0. The number of rotatable bonds is 1. The lowest BCUT2D eigenvalue weighted by molar-refractivity contribution is -0.151. The minimum Gasteiger partial charge on any atom is -0.459 e. The zero-order valence-electron chi connectivity index (χ0n) is 7.64. The van der Waals surface area contributed by atoms with Gasteiger partial charge in [0.25, 0.3) is 0 Å². The molecular weight excluding hydrogens is 152 g/mol. The van der Waals surface area contributed by atoms with Crippen LogP contribution in [0.1, 0.15) is 45.4 Å². The number of carbonyl (C=O) groups excluding carboxylic acids is 1. The lowest BCUT2D eigenvalue weighted by Crippen LogP contribution is -2.32. The molecule has 68 valence electrons. The lowest BCUT2D eigenvalue weighted by atomic mass is 9.86. The van der Waals surface area contributed by atoms with E-state index in [1.165, 1.54) is 12.8 Å². The van der Waals surface area contributed by atoms with Crippen LogP contribution < -0.4 is 0 Å². The van der Waals surface area contributed by atoms with Crippen LogP contribution in [-0.2, 0) is 9.53 Å². The molecule has 1 aliphatic carbocycles. The standard InChI is InChI=1S/C10H16O2/c1-2-8-4-3-6-10(8)7-5-9(11)12-10/h8H,2-7H2,1H3. The number of ether oxygens (including phenoxy) is 1. The second-order valence-electron chi connectivity index (χ2n) is 4.04. The third-order valence-corrected chi connectivity index (χ3v) is 3.46. The molecule has 1 saturated heterocycles. The molecule has 2 fully saturated rings. The van der Waals surface area contributed by atoms with Crippen molar-refractivity contribution in [2.24, 2.45) is 5.92 Å². The first-order valence-electron chi connectivity index (χ1n) is 4.99. The van der Waals surface area contributed by atoms with Gasteiger partial charge in [-0.1, -0.05) is 6.92 Å². The van der Waals surface area contributed by atoms with Crippen LogP contribution in [0.5, 0.6) is 0 Å². The summed E-state index contributed by atoms with van der Waals surface area (Å²) < 4.78 is 5.47. The van der Waals surface area contributed by atoms with Crippen LogP contribution in [0.3, 0.4) is 0 Å². The topological polar surface area (TPSA) is 26.3 Å². The normalized spacial score (nSPS) is 40.8. The molecule has 1 spiro atoms. The van der Waals surface area contributed by atoms with Crippen LogP contribution in [-0.4, -0.2) is 11.6 Å². The third kappa shape index (κ3) is 1.05. The molecule has 2 aliphatic rings. The van der Waals surface area contributed by atoms with E-state index in [0.717, 1.165) is 19.3 Å². The molecule has 1 saturated carbocycles. The molecule has 2 nitrogen and oxygen atoms in total. The Hall–Kier alpha value is -0.530. The highest BCUT2D eigenvalue weighted by Crippen LogP contribution is 2.46. The summed E-state index contributed by atoms with van der Waals surface area (Å²) in [6.07, 6.45) is 6.39. The van der Waals surface area contributed by atoms with Crippen molar-refractivity contribution in [3.8, 4) is 0 Å². The maximum absolute atomic E-state index is 11.0. The van der Waals surface area contributed by atoms with Gasteiger partial charge in [-0.15, -0.1) is 0 Å². The fraction of sp³-hybridized carbons (Fsp3) is 0.900. The number of esters is 1. The summed E-state index contributed by atoms with van der Waals surface area (Å²) in [6.45, 7) is 2.20. The summed E-state index contributed by atoms with van der Waals surface area (Å²) in [5, 5.41) is 0. The second kappa shape index (κ2) is 2.75. The zero-order chi connectivity index (χ0) is 8.60. The van der Waals surface area contributed by atoms with E-state index in [4.69, 9.17) is 4.74 Å². The van der Waals surface area contributed by atoms with E-state index >= 15 is 0 Å². The van der Waals surface area contributed by atoms with Crippen LogP contribution in [0.2, 0.25) is 0 Å². The number of hydrogen-bond donors (Lipinski definition) is 0. The maximum atomic E-state index is 11.0. The Morgan fingerprint density at radius 3 is 3.00 bits per heavy atom. The van der Waals surface area contributed by atoms with Crippen molar-refractivity contribution in [1.29, 1.82) is 0 Å². The highest BCUT2D eigenvalue weighted by Gasteiger charge is 2.48. The largest absolute Gasteiger partial charge is 0.459 e. The maximum Gasteiger partial charge on any atom is 0.306 e. The van der Waals surface area contributed by atoms with Crippen molar-refractivity contribution in [3.63, 3.8) is 0 Å². The first kappa shape index (κ1) is 8.09. The third-order valence-electron chi connectivity index (χ3n) is 3.46. The smallest absolute Gasteiger partial charge is 0.306 e. The van der Waals surface area contributed by atoms with Gasteiger partial charge in [-0.3, -0.25) is 4.79 Å².